The second kappa shape index (κ2) is 10.1. The minimum atomic E-state index is 0. The van der Waals surface area contributed by atoms with Gasteiger partial charge in [-0.1, -0.05) is 13.0 Å². The molecule has 19 heavy (non-hydrogen) atoms. The third-order valence-corrected chi connectivity index (χ3v) is 2.90. The molecule has 4 heteroatoms. The molecule has 0 radical (unpaired) electrons. The predicted molar refractivity (Wildman–Crippen MR) is 82.2 cm³/mol. The normalized spacial score (nSPS) is 11.8. The number of benzene rings is 1. The van der Waals surface area contributed by atoms with E-state index in [1.807, 2.05) is 19.9 Å². The average molecular weight is 288 g/mol. The van der Waals surface area contributed by atoms with Crippen molar-refractivity contribution in [2.75, 3.05) is 13.2 Å². The van der Waals surface area contributed by atoms with Gasteiger partial charge in [-0.05, 0) is 49.9 Å². The molecule has 0 fully saturated rings. The summed E-state index contributed by atoms with van der Waals surface area (Å²) in [7, 11) is 0. The summed E-state index contributed by atoms with van der Waals surface area (Å²) >= 11 is 0. The van der Waals surface area contributed by atoms with Crippen molar-refractivity contribution in [2.24, 2.45) is 5.73 Å². The van der Waals surface area contributed by atoms with Crippen LogP contribution in [0.2, 0.25) is 0 Å². The van der Waals surface area contributed by atoms with Gasteiger partial charge in [0, 0.05) is 12.6 Å². The molecular formula is C15H26ClNO2. The van der Waals surface area contributed by atoms with E-state index in [2.05, 4.69) is 19.1 Å². The number of hydrogen-bond acceptors (Lipinski definition) is 3. The molecule has 1 unspecified atom stereocenters. The largest absolute Gasteiger partial charge is 0.494 e. The third-order valence-electron chi connectivity index (χ3n) is 2.90. The summed E-state index contributed by atoms with van der Waals surface area (Å²) in [5.41, 5.74) is 8.40. The van der Waals surface area contributed by atoms with Gasteiger partial charge in [0.15, 0.2) is 0 Å². The van der Waals surface area contributed by atoms with Crippen LogP contribution in [0.4, 0.5) is 0 Å². The highest BCUT2D eigenvalue weighted by atomic mass is 35.5. The van der Waals surface area contributed by atoms with Gasteiger partial charge in [0.25, 0.3) is 0 Å². The first-order chi connectivity index (χ1) is 8.71. The fourth-order valence-electron chi connectivity index (χ4n) is 1.83. The maximum atomic E-state index is 6.03. The lowest BCUT2D eigenvalue weighted by molar-refractivity contribution is 0.134. The van der Waals surface area contributed by atoms with Crippen molar-refractivity contribution in [1.82, 2.24) is 0 Å². The molecule has 0 saturated carbocycles. The van der Waals surface area contributed by atoms with Crippen LogP contribution in [0.25, 0.3) is 0 Å². The Morgan fingerprint density at radius 3 is 2.47 bits per heavy atom. The van der Waals surface area contributed by atoms with E-state index < -0.39 is 0 Å². The summed E-state index contributed by atoms with van der Waals surface area (Å²) in [6, 6.07) is 6.42. The van der Waals surface area contributed by atoms with E-state index in [0.29, 0.717) is 13.2 Å². The first-order valence-corrected chi connectivity index (χ1v) is 6.79. The summed E-state index contributed by atoms with van der Waals surface area (Å²) in [5, 5.41) is 0. The van der Waals surface area contributed by atoms with Gasteiger partial charge in [0.1, 0.15) is 5.75 Å². The standard InChI is InChI=1S/C15H25NO2.ClH/c1-4-14(16)10-13-9-12(11-17-5-2)7-8-15(13)18-6-3;/h7-9,14H,4-6,10-11,16H2,1-3H3;1H. The number of rotatable bonds is 8. The van der Waals surface area contributed by atoms with E-state index in [1.165, 1.54) is 11.1 Å². The molecule has 1 rings (SSSR count). The first-order valence-electron chi connectivity index (χ1n) is 6.79. The van der Waals surface area contributed by atoms with Crippen LogP contribution in [0.3, 0.4) is 0 Å². The monoisotopic (exact) mass is 287 g/mol. The molecule has 0 aromatic heterocycles. The zero-order chi connectivity index (χ0) is 13.4. The first kappa shape index (κ1) is 18.2. The van der Waals surface area contributed by atoms with Gasteiger partial charge in [-0.15, -0.1) is 12.4 Å². The Morgan fingerprint density at radius 1 is 1.16 bits per heavy atom. The lowest BCUT2D eigenvalue weighted by Gasteiger charge is -2.15. The second-order valence-electron chi connectivity index (χ2n) is 4.38. The number of hydrogen-bond donors (Lipinski definition) is 1. The summed E-state index contributed by atoms with van der Waals surface area (Å²) in [4.78, 5) is 0. The molecule has 0 amide bonds. The Hall–Kier alpha value is -0.770. The minimum absolute atomic E-state index is 0. The van der Waals surface area contributed by atoms with Crippen LogP contribution in [0.1, 0.15) is 38.3 Å². The Kier molecular flexibility index (Phi) is 9.66. The van der Waals surface area contributed by atoms with E-state index in [9.17, 15) is 0 Å². The van der Waals surface area contributed by atoms with Crippen LogP contribution in [0.5, 0.6) is 5.75 Å². The van der Waals surface area contributed by atoms with Crippen molar-refractivity contribution in [3.8, 4) is 5.75 Å². The van der Waals surface area contributed by atoms with Gasteiger partial charge >= 0.3 is 0 Å². The molecule has 3 nitrogen and oxygen atoms in total. The Bertz CT molecular complexity index is 358. The average Bonchev–Trinajstić information content (AvgIpc) is 2.39. The molecule has 0 bridgehead atoms. The molecular weight excluding hydrogens is 262 g/mol. The zero-order valence-electron chi connectivity index (χ0n) is 12.1. The fraction of sp³-hybridized carbons (Fsp3) is 0.600. The molecule has 0 saturated heterocycles. The Labute approximate surface area is 122 Å². The SMILES string of the molecule is CCOCc1ccc(OCC)c(CC(N)CC)c1.Cl. The molecule has 0 aliphatic heterocycles. The van der Waals surface area contributed by atoms with Crippen molar-refractivity contribution in [1.29, 1.82) is 0 Å². The molecule has 110 valence electrons. The van der Waals surface area contributed by atoms with E-state index in [0.717, 1.165) is 25.2 Å². The number of halogens is 1. The Morgan fingerprint density at radius 2 is 1.89 bits per heavy atom. The second-order valence-corrected chi connectivity index (χ2v) is 4.38. The van der Waals surface area contributed by atoms with Gasteiger partial charge in [-0.25, -0.2) is 0 Å². The lowest BCUT2D eigenvalue weighted by Crippen LogP contribution is -2.21. The van der Waals surface area contributed by atoms with Gasteiger partial charge in [0.05, 0.1) is 13.2 Å². The molecule has 2 N–H and O–H groups in total. The van der Waals surface area contributed by atoms with Crippen molar-refractivity contribution in [3.63, 3.8) is 0 Å². The van der Waals surface area contributed by atoms with E-state index >= 15 is 0 Å². The molecule has 1 aromatic carbocycles. The molecule has 1 aromatic rings. The van der Waals surface area contributed by atoms with Gasteiger partial charge < -0.3 is 15.2 Å². The van der Waals surface area contributed by atoms with Crippen LogP contribution in [-0.4, -0.2) is 19.3 Å². The summed E-state index contributed by atoms with van der Waals surface area (Å²) in [6.45, 7) is 8.17. The predicted octanol–water partition coefficient (Wildman–Crippen LogP) is 3.32. The van der Waals surface area contributed by atoms with Crippen LogP contribution in [0.15, 0.2) is 18.2 Å². The number of nitrogens with two attached hydrogens (primary N) is 1. The van der Waals surface area contributed by atoms with Crippen molar-refractivity contribution < 1.29 is 9.47 Å². The Balaban J connectivity index is 0.00000324. The minimum Gasteiger partial charge on any atom is -0.494 e. The highest BCUT2D eigenvalue weighted by molar-refractivity contribution is 5.85. The maximum absolute atomic E-state index is 6.03. The third kappa shape index (κ3) is 6.28. The van der Waals surface area contributed by atoms with Crippen molar-refractivity contribution >= 4 is 12.4 Å². The molecule has 0 aliphatic rings. The summed E-state index contributed by atoms with van der Waals surface area (Å²) < 4.78 is 11.1. The van der Waals surface area contributed by atoms with Crippen LogP contribution < -0.4 is 10.5 Å². The summed E-state index contributed by atoms with van der Waals surface area (Å²) in [5.74, 6) is 0.946. The number of ether oxygens (including phenoxy) is 2. The van der Waals surface area contributed by atoms with Crippen molar-refractivity contribution in [3.05, 3.63) is 29.3 Å². The molecule has 0 heterocycles. The maximum Gasteiger partial charge on any atom is 0.122 e. The lowest BCUT2D eigenvalue weighted by atomic mass is 10.0. The fourth-order valence-corrected chi connectivity index (χ4v) is 1.83. The van der Waals surface area contributed by atoms with Crippen LogP contribution in [0, 0.1) is 0 Å². The highest BCUT2D eigenvalue weighted by Gasteiger charge is 2.09. The zero-order valence-corrected chi connectivity index (χ0v) is 13.0. The smallest absolute Gasteiger partial charge is 0.122 e. The van der Waals surface area contributed by atoms with E-state index in [-0.39, 0.29) is 18.4 Å². The van der Waals surface area contributed by atoms with Gasteiger partial charge in [0.2, 0.25) is 0 Å². The molecule has 0 spiro atoms. The molecule has 1 atom stereocenters. The molecule has 0 aliphatic carbocycles. The van der Waals surface area contributed by atoms with Crippen molar-refractivity contribution in [2.45, 2.75) is 46.3 Å². The van der Waals surface area contributed by atoms with E-state index in [1.54, 1.807) is 0 Å². The van der Waals surface area contributed by atoms with Gasteiger partial charge in [-0.2, -0.15) is 0 Å². The summed E-state index contributed by atoms with van der Waals surface area (Å²) in [6.07, 6.45) is 1.83. The topological polar surface area (TPSA) is 44.5 Å². The quantitative estimate of drug-likeness (QED) is 0.798. The van der Waals surface area contributed by atoms with E-state index in [4.69, 9.17) is 15.2 Å². The van der Waals surface area contributed by atoms with Gasteiger partial charge in [-0.3, -0.25) is 0 Å². The van der Waals surface area contributed by atoms with Crippen LogP contribution >= 0.6 is 12.4 Å². The highest BCUT2D eigenvalue weighted by Crippen LogP contribution is 2.22. The van der Waals surface area contributed by atoms with Crippen LogP contribution in [-0.2, 0) is 17.8 Å².